The lowest BCUT2D eigenvalue weighted by atomic mass is 9.88. The van der Waals surface area contributed by atoms with Crippen LogP contribution in [0.2, 0.25) is 0 Å². The monoisotopic (exact) mass is 211 g/mol. The summed E-state index contributed by atoms with van der Waals surface area (Å²) in [5.74, 6) is 0.299. The summed E-state index contributed by atoms with van der Waals surface area (Å²) in [7, 11) is 0. The largest absolute Gasteiger partial charge is 0.383 e. The summed E-state index contributed by atoms with van der Waals surface area (Å²) in [6.45, 7) is 1.76. The van der Waals surface area contributed by atoms with Gasteiger partial charge in [-0.15, -0.1) is 11.3 Å². The van der Waals surface area contributed by atoms with Gasteiger partial charge in [0.1, 0.15) is 16.4 Å². The predicted molar refractivity (Wildman–Crippen MR) is 54.0 cm³/mol. The number of aliphatic hydroxyl groups is 1. The number of aromatic nitrogens is 1. The minimum atomic E-state index is -0.930. The van der Waals surface area contributed by atoms with Crippen LogP contribution < -0.4 is 0 Å². The smallest absolute Gasteiger partial charge is 0.133 e. The van der Waals surface area contributed by atoms with Gasteiger partial charge in [0, 0.05) is 30.3 Å². The van der Waals surface area contributed by atoms with Gasteiger partial charge in [-0.25, -0.2) is 4.98 Å². The van der Waals surface area contributed by atoms with E-state index < -0.39 is 5.60 Å². The summed E-state index contributed by atoms with van der Waals surface area (Å²) in [4.78, 5) is 15.3. The number of hydrogen-bond acceptors (Lipinski definition) is 4. The number of ketones is 1. The van der Waals surface area contributed by atoms with Crippen molar-refractivity contribution in [2.24, 2.45) is 5.92 Å². The molecule has 0 bridgehead atoms. The number of hydrogen-bond donors (Lipinski definition) is 1. The van der Waals surface area contributed by atoms with Crippen molar-refractivity contribution in [2.45, 2.75) is 31.8 Å². The van der Waals surface area contributed by atoms with Crippen molar-refractivity contribution >= 4 is 17.1 Å². The minimum Gasteiger partial charge on any atom is -0.383 e. The van der Waals surface area contributed by atoms with E-state index in [9.17, 15) is 9.90 Å². The summed E-state index contributed by atoms with van der Waals surface area (Å²) >= 11 is 1.45. The van der Waals surface area contributed by atoms with E-state index in [1.807, 2.05) is 5.38 Å². The third-order valence-electron chi connectivity index (χ3n) is 2.91. The van der Waals surface area contributed by atoms with Crippen LogP contribution in [0.15, 0.2) is 11.6 Å². The maximum absolute atomic E-state index is 11.1. The SMILES string of the molecule is C[C@@](O)(c1nccs1)[C@H]1CCC(=O)C1. The number of carbonyl (C=O) groups excluding carboxylic acids is 1. The molecule has 0 unspecified atom stereocenters. The molecule has 0 radical (unpaired) electrons. The molecule has 4 heteroatoms. The molecule has 76 valence electrons. The fourth-order valence-electron chi connectivity index (χ4n) is 1.94. The van der Waals surface area contributed by atoms with E-state index in [2.05, 4.69) is 4.98 Å². The fraction of sp³-hybridized carbons (Fsp3) is 0.600. The van der Waals surface area contributed by atoms with Crippen LogP contribution in [0.3, 0.4) is 0 Å². The number of rotatable bonds is 2. The molecule has 2 rings (SSSR count). The van der Waals surface area contributed by atoms with E-state index in [4.69, 9.17) is 0 Å². The zero-order chi connectivity index (χ0) is 10.2. The Morgan fingerprint density at radius 3 is 3.00 bits per heavy atom. The zero-order valence-corrected chi connectivity index (χ0v) is 8.88. The fourth-order valence-corrected chi connectivity index (χ4v) is 2.72. The molecule has 2 atom stereocenters. The second-order valence-electron chi connectivity index (χ2n) is 3.96. The first-order valence-corrected chi connectivity index (χ1v) is 5.62. The van der Waals surface area contributed by atoms with Crippen molar-refractivity contribution in [1.29, 1.82) is 0 Å². The van der Waals surface area contributed by atoms with Gasteiger partial charge in [0.15, 0.2) is 0 Å². The number of Topliss-reactive ketones (excluding diaryl/α,β-unsaturated/α-hetero) is 1. The molecule has 1 saturated carbocycles. The lowest BCUT2D eigenvalue weighted by Gasteiger charge is -2.27. The zero-order valence-electron chi connectivity index (χ0n) is 8.06. The van der Waals surface area contributed by atoms with Gasteiger partial charge in [0.25, 0.3) is 0 Å². The Hall–Kier alpha value is -0.740. The van der Waals surface area contributed by atoms with Crippen molar-refractivity contribution in [3.8, 4) is 0 Å². The summed E-state index contributed by atoms with van der Waals surface area (Å²) in [5.41, 5.74) is -0.930. The van der Waals surface area contributed by atoms with E-state index in [0.29, 0.717) is 12.8 Å². The van der Waals surface area contributed by atoms with Crippen molar-refractivity contribution in [1.82, 2.24) is 4.98 Å². The number of nitrogens with zero attached hydrogens (tertiary/aromatic N) is 1. The van der Waals surface area contributed by atoms with Crippen LogP contribution in [0, 0.1) is 5.92 Å². The number of carbonyl (C=O) groups is 1. The molecular formula is C10H13NO2S. The van der Waals surface area contributed by atoms with Gasteiger partial charge in [-0.1, -0.05) is 0 Å². The normalized spacial score (nSPS) is 26.4. The predicted octanol–water partition coefficient (Wildman–Crippen LogP) is 1.72. The van der Waals surface area contributed by atoms with Gasteiger partial charge < -0.3 is 5.11 Å². The van der Waals surface area contributed by atoms with Gasteiger partial charge in [-0.2, -0.15) is 0 Å². The molecule has 0 aromatic carbocycles. The van der Waals surface area contributed by atoms with Crippen LogP contribution in [0.1, 0.15) is 31.2 Å². The van der Waals surface area contributed by atoms with Crippen molar-refractivity contribution < 1.29 is 9.90 Å². The molecule has 1 heterocycles. The molecule has 0 aliphatic heterocycles. The molecule has 1 aromatic rings. The summed E-state index contributed by atoms with van der Waals surface area (Å²) in [5, 5.41) is 12.9. The van der Waals surface area contributed by atoms with Crippen molar-refractivity contribution in [2.75, 3.05) is 0 Å². The second-order valence-corrected chi connectivity index (χ2v) is 4.86. The molecule has 14 heavy (non-hydrogen) atoms. The van der Waals surface area contributed by atoms with Gasteiger partial charge in [-0.05, 0) is 13.3 Å². The van der Waals surface area contributed by atoms with Crippen LogP contribution >= 0.6 is 11.3 Å². The first-order valence-electron chi connectivity index (χ1n) is 4.74. The molecule has 1 fully saturated rings. The standard InChI is InChI=1S/C10H13NO2S/c1-10(13,9-11-4-5-14-9)7-2-3-8(12)6-7/h4-5,7,13H,2-3,6H2,1H3/t7-,10-/m0/s1. The highest BCUT2D eigenvalue weighted by Gasteiger charge is 2.40. The highest BCUT2D eigenvalue weighted by molar-refractivity contribution is 7.09. The van der Waals surface area contributed by atoms with E-state index in [0.717, 1.165) is 11.4 Å². The maximum atomic E-state index is 11.1. The highest BCUT2D eigenvalue weighted by atomic mass is 32.1. The molecule has 1 aliphatic carbocycles. The van der Waals surface area contributed by atoms with Gasteiger partial charge in [0.05, 0.1) is 0 Å². The van der Waals surface area contributed by atoms with E-state index in [1.54, 1.807) is 13.1 Å². The van der Waals surface area contributed by atoms with Crippen LogP contribution in [0.25, 0.3) is 0 Å². The Bertz CT molecular complexity index is 332. The first kappa shape index (κ1) is 9.80. The molecule has 0 amide bonds. The van der Waals surface area contributed by atoms with Crippen LogP contribution in [0.4, 0.5) is 0 Å². The second kappa shape index (κ2) is 3.44. The van der Waals surface area contributed by atoms with Gasteiger partial charge >= 0.3 is 0 Å². The first-order chi connectivity index (χ1) is 6.60. The Morgan fingerprint density at radius 2 is 2.50 bits per heavy atom. The molecule has 0 spiro atoms. The average molecular weight is 211 g/mol. The quantitative estimate of drug-likeness (QED) is 0.810. The van der Waals surface area contributed by atoms with Crippen molar-refractivity contribution in [3.05, 3.63) is 16.6 Å². The van der Waals surface area contributed by atoms with Gasteiger partial charge in [-0.3, -0.25) is 4.79 Å². The van der Waals surface area contributed by atoms with E-state index in [-0.39, 0.29) is 11.7 Å². The average Bonchev–Trinajstić information content (AvgIpc) is 2.72. The van der Waals surface area contributed by atoms with Crippen LogP contribution in [-0.2, 0) is 10.4 Å². The summed E-state index contributed by atoms with van der Waals surface area (Å²) in [6, 6.07) is 0. The summed E-state index contributed by atoms with van der Waals surface area (Å²) in [6.07, 6.45) is 3.56. The van der Waals surface area contributed by atoms with Crippen molar-refractivity contribution in [3.63, 3.8) is 0 Å². The highest BCUT2D eigenvalue weighted by Crippen LogP contribution is 2.39. The Kier molecular flexibility index (Phi) is 2.41. The lowest BCUT2D eigenvalue weighted by molar-refractivity contribution is -0.118. The minimum absolute atomic E-state index is 0.0427. The Balaban J connectivity index is 2.20. The van der Waals surface area contributed by atoms with Crippen LogP contribution in [-0.4, -0.2) is 15.9 Å². The third kappa shape index (κ3) is 1.60. The Labute approximate surface area is 86.8 Å². The molecule has 1 N–H and O–H groups in total. The lowest BCUT2D eigenvalue weighted by Crippen LogP contribution is -2.30. The summed E-state index contributed by atoms with van der Waals surface area (Å²) < 4.78 is 0. The molecular weight excluding hydrogens is 198 g/mol. The van der Waals surface area contributed by atoms with Gasteiger partial charge in [0.2, 0.25) is 0 Å². The third-order valence-corrected chi connectivity index (χ3v) is 3.91. The molecule has 3 nitrogen and oxygen atoms in total. The maximum Gasteiger partial charge on any atom is 0.133 e. The Morgan fingerprint density at radius 1 is 1.71 bits per heavy atom. The number of thiazole rings is 1. The molecule has 1 aliphatic rings. The topological polar surface area (TPSA) is 50.2 Å². The van der Waals surface area contributed by atoms with Crippen LogP contribution in [0.5, 0.6) is 0 Å². The molecule has 1 aromatic heterocycles. The van der Waals surface area contributed by atoms with E-state index in [1.165, 1.54) is 11.3 Å². The van der Waals surface area contributed by atoms with E-state index >= 15 is 0 Å². The molecule has 0 saturated heterocycles.